The standard InChI is InChI=1S/C23H27N5/c1-18-7-9-19(10-8-18)22-17-28-21-6-4-3-5-20(21)24-23(28)27(22)16-15-26-13-11-25(2)12-14-26/h3-10,17H,11-16H2,1-2H3. The van der Waals surface area contributed by atoms with Crippen LogP contribution in [0.2, 0.25) is 0 Å². The van der Waals surface area contributed by atoms with E-state index in [0.717, 1.165) is 50.6 Å². The van der Waals surface area contributed by atoms with Gasteiger partial charge in [0.2, 0.25) is 5.78 Å². The summed E-state index contributed by atoms with van der Waals surface area (Å²) in [4.78, 5) is 9.93. The third-order valence-electron chi connectivity index (χ3n) is 5.94. The molecule has 5 nitrogen and oxygen atoms in total. The minimum Gasteiger partial charge on any atom is -0.308 e. The molecule has 0 amide bonds. The zero-order valence-electron chi connectivity index (χ0n) is 16.7. The quantitative estimate of drug-likeness (QED) is 0.548. The van der Waals surface area contributed by atoms with Crippen LogP contribution >= 0.6 is 0 Å². The fourth-order valence-electron chi connectivity index (χ4n) is 4.14. The van der Waals surface area contributed by atoms with E-state index < -0.39 is 0 Å². The Labute approximate surface area is 165 Å². The Bertz CT molecular complexity index is 1100. The minimum atomic E-state index is 0.951. The molecule has 1 saturated heterocycles. The van der Waals surface area contributed by atoms with Gasteiger partial charge in [-0.3, -0.25) is 9.30 Å². The third kappa shape index (κ3) is 3.11. The van der Waals surface area contributed by atoms with Gasteiger partial charge in [0.1, 0.15) is 0 Å². The van der Waals surface area contributed by atoms with Crippen molar-refractivity contribution in [3.63, 3.8) is 0 Å². The first-order valence-corrected chi connectivity index (χ1v) is 10.1. The lowest BCUT2D eigenvalue weighted by molar-refractivity contribution is 0.150. The molecule has 1 aliphatic rings. The molecule has 0 N–H and O–H groups in total. The highest BCUT2D eigenvalue weighted by molar-refractivity contribution is 5.81. The number of fused-ring (bicyclic) bond motifs is 3. The smallest absolute Gasteiger partial charge is 0.215 e. The Hall–Kier alpha value is -2.63. The molecule has 0 unspecified atom stereocenters. The summed E-state index contributed by atoms with van der Waals surface area (Å²) < 4.78 is 4.64. The van der Waals surface area contributed by atoms with Crippen LogP contribution in [0.25, 0.3) is 28.1 Å². The van der Waals surface area contributed by atoms with Crippen molar-refractivity contribution in [2.45, 2.75) is 13.5 Å². The van der Waals surface area contributed by atoms with Crippen LogP contribution in [0, 0.1) is 6.92 Å². The maximum absolute atomic E-state index is 4.95. The molecule has 0 spiro atoms. The normalized spacial score (nSPS) is 16.4. The molecular weight excluding hydrogens is 346 g/mol. The van der Waals surface area contributed by atoms with E-state index in [9.17, 15) is 0 Å². The second kappa shape index (κ2) is 7.08. The van der Waals surface area contributed by atoms with Crippen LogP contribution in [0.1, 0.15) is 5.56 Å². The molecule has 0 bridgehead atoms. The highest BCUT2D eigenvalue weighted by Crippen LogP contribution is 2.27. The number of aryl methyl sites for hydroxylation is 1. The fraction of sp³-hybridized carbons (Fsp3) is 0.348. The molecule has 0 aliphatic carbocycles. The molecule has 4 aromatic rings. The zero-order chi connectivity index (χ0) is 19.1. The average Bonchev–Trinajstić information content (AvgIpc) is 3.24. The molecule has 0 radical (unpaired) electrons. The summed E-state index contributed by atoms with van der Waals surface area (Å²) >= 11 is 0. The molecule has 2 aromatic heterocycles. The topological polar surface area (TPSA) is 28.7 Å². The minimum absolute atomic E-state index is 0.951. The fourth-order valence-corrected chi connectivity index (χ4v) is 4.14. The van der Waals surface area contributed by atoms with Crippen LogP contribution in [0.4, 0.5) is 0 Å². The van der Waals surface area contributed by atoms with Crippen LogP contribution in [-0.2, 0) is 6.54 Å². The van der Waals surface area contributed by atoms with Crippen molar-refractivity contribution in [2.75, 3.05) is 39.8 Å². The van der Waals surface area contributed by atoms with Gasteiger partial charge in [0, 0.05) is 45.5 Å². The number of likely N-dealkylation sites (N-methyl/N-ethyl adjacent to an activating group) is 1. The molecule has 0 atom stereocenters. The van der Waals surface area contributed by atoms with Crippen LogP contribution < -0.4 is 0 Å². The number of para-hydroxylation sites is 2. The number of aromatic nitrogens is 3. The summed E-state index contributed by atoms with van der Waals surface area (Å²) in [6.45, 7) is 8.73. The molecule has 5 heteroatoms. The summed E-state index contributed by atoms with van der Waals surface area (Å²) in [5, 5.41) is 0. The first kappa shape index (κ1) is 17.5. The molecule has 5 rings (SSSR count). The Morgan fingerprint density at radius 1 is 0.893 bits per heavy atom. The number of benzene rings is 2. The van der Waals surface area contributed by atoms with Gasteiger partial charge in [0.05, 0.1) is 16.7 Å². The van der Waals surface area contributed by atoms with E-state index in [1.807, 2.05) is 0 Å². The van der Waals surface area contributed by atoms with Crippen molar-refractivity contribution in [1.29, 1.82) is 0 Å². The number of imidazole rings is 2. The largest absolute Gasteiger partial charge is 0.308 e. The molecule has 1 fully saturated rings. The summed E-state index contributed by atoms with van der Waals surface area (Å²) in [6, 6.07) is 17.2. The molecule has 144 valence electrons. The number of hydrogen-bond acceptors (Lipinski definition) is 3. The van der Waals surface area contributed by atoms with Crippen LogP contribution in [-0.4, -0.2) is 63.5 Å². The predicted molar refractivity (Wildman–Crippen MR) is 115 cm³/mol. The molecule has 2 aromatic carbocycles. The SMILES string of the molecule is Cc1ccc(-c2cn3c4ccccc4nc3n2CCN2CCN(C)CC2)cc1. The Morgan fingerprint density at radius 3 is 2.43 bits per heavy atom. The number of piperazine rings is 1. The van der Waals surface area contributed by atoms with Gasteiger partial charge in [-0.15, -0.1) is 0 Å². The first-order chi connectivity index (χ1) is 13.7. The molecular formula is C23H27N5. The van der Waals surface area contributed by atoms with E-state index in [1.165, 1.54) is 22.3 Å². The van der Waals surface area contributed by atoms with Crippen molar-refractivity contribution < 1.29 is 0 Å². The highest BCUT2D eigenvalue weighted by Gasteiger charge is 2.18. The molecule has 3 heterocycles. The van der Waals surface area contributed by atoms with Gasteiger partial charge in [0.25, 0.3) is 0 Å². The van der Waals surface area contributed by atoms with E-state index in [-0.39, 0.29) is 0 Å². The van der Waals surface area contributed by atoms with Crippen LogP contribution in [0.15, 0.2) is 54.7 Å². The van der Waals surface area contributed by atoms with Gasteiger partial charge in [0.15, 0.2) is 0 Å². The van der Waals surface area contributed by atoms with Crippen molar-refractivity contribution >= 4 is 16.8 Å². The lowest BCUT2D eigenvalue weighted by atomic mass is 10.1. The summed E-state index contributed by atoms with van der Waals surface area (Å²) in [7, 11) is 2.21. The first-order valence-electron chi connectivity index (χ1n) is 10.1. The van der Waals surface area contributed by atoms with E-state index >= 15 is 0 Å². The number of hydrogen-bond donors (Lipinski definition) is 0. The molecule has 0 saturated carbocycles. The molecule has 1 aliphatic heterocycles. The van der Waals surface area contributed by atoms with Crippen LogP contribution in [0.5, 0.6) is 0 Å². The van der Waals surface area contributed by atoms with E-state index in [4.69, 9.17) is 4.98 Å². The van der Waals surface area contributed by atoms with Crippen molar-refractivity contribution in [2.24, 2.45) is 0 Å². The zero-order valence-corrected chi connectivity index (χ0v) is 16.7. The predicted octanol–water partition coefficient (Wildman–Crippen LogP) is 3.51. The average molecular weight is 374 g/mol. The van der Waals surface area contributed by atoms with Crippen molar-refractivity contribution in [3.8, 4) is 11.3 Å². The second-order valence-electron chi connectivity index (χ2n) is 7.95. The third-order valence-corrected chi connectivity index (χ3v) is 5.94. The summed E-state index contributed by atoms with van der Waals surface area (Å²) in [5.41, 5.74) is 6.00. The lowest BCUT2D eigenvalue weighted by Crippen LogP contribution is -2.45. The highest BCUT2D eigenvalue weighted by atomic mass is 15.3. The van der Waals surface area contributed by atoms with Gasteiger partial charge < -0.3 is 9.47 Å². The Morgan fingerprint density at radius 2 is 1.64 bits per heavy atom. The van der Waals surface area contributed by atoms with Crippen LogP contribution in [0.3, 0.4) is 0 Å². The van der Waals surface area contributed by atoms with E-state index in [1.54, 1.807) is 0 Å². The summed E-state index contributed by atoms with van der Waals surface area (Å²) in [5.74, 6) is 1.03. The second-order valence-corrected chi connectivity index (χ2v) is 7.95. The van der Waals surface area contributed by atoms with Crippen molar-refractivity contribution in [1.82, 2.24) is 23.8 Å². The monoisotopic (exact) mass is 373 g/mol. The maximum atomic E-state index is 4.95. The summed E-state index contributed by atoms with van der Waals surface area (Å²) in [6.07, 6.45) is 2.25. The number of rotatable bonds is 4. The van der Waals surface area contributed by atoms with Gasteiger partial charge in [-0.1, -0.05) is 42.0 Å². The number of nitrogens with zero attached hydrogens (tertiary/aromatic N) is 5. The lowest BCUT2D eigenvalue weighted by Gasteiger charge is -2.32. The van der Waals surface area contributed by atoms with Gasteiger partial charge in [-0.2, -0.15) is 0 Å². The van der Waals surface area contributed by atoms with Gasteiger partial charge in [-0.05, 0) is 31.7 Å². The maximum Gasteiger partial charge on any atom is 0.215 e. The van der Waals surface area contributed by atoms with E-state index in [0.29, 0.717) is 0 Å². The Balaban J connectivity index is 1.55. The van der Waals surface area contributed by atoms with Crippen molar-refractivity contribution in [3.05, 3.63) is 60.3 Å². The van der Waals surface area contributed by atoms with Gasteiger partial charge >= 0.3 is 0 Å². The molecule has 28 heavy (non-hydrogen) atoms. The Kier molecular flexibility index (Phi) is 4.41. The van der Waals surface area contributed by atoms with E-state index in [2.05, 4.69) is 87.5 Å². The van der Waals surface area contributed by atoms with Gasteiger partial charge in [-0.25, -0.2) is 4.98 Å².